The molecule has 2 amide bonds. The summed E-state index contributed by atoms with van der Waals surface area (Å²) in [6.45, 7) is -0.0345. The van der Waals surface area contributed by atoms with Crippen molar-refractivity contribution in [2.45, 2.75) is 0 Å². The van der Waals surface area contributed by atoms with Gasteiger partial charge in [0.2, 0.25) is 5.91 Å². The number of likely N-dealkylation sites (N-methyl/N-ethyl adjacent to an activating group) is 1. The molecule has 1 aromatic heterocycles. The standard InChI is InChI=1S/C6H8N4O2S/c1-7-5(11)3-8-6(12)4-2-9-10-13-4/h2H,3H2,1H3,(H,7,11)(H,8,12). The molecule has 6 nitrogen and oxygen atoms in total. The molecular formula is C6H8N4O2S. The predicted octanol–water partition coefficient (Wildman–Crippen LogP) is -0.986. The van der Waals surface area contributed by atoms with Crippen LogP contribution >= 0.6 is 11.5 Å². The average Bonchev–Trinajstić information content (AvgIpc) is 2.66. The summed E-state index contributed by atoms with van der Waals surface area (Å²) in [5.41, 5.74) is 0. The molecule has 1 rings (SSSR count). The highest BCUT2D eigenvalue weighted by Gasteiger charge is 2.08. The molecule has 0 aliphatic carbocycles. The highest BCUT2D eigenvalue weighted by Crippen LogP contribution is 2.00. The van der Waals surface area contributed by atoms with Crippen LogP contribution in [0.5, 0.6) is 0 Å². The molecule has 0 radical (unpaired) electrons. The maximum Gasteiger partial charge on any atom is 0.265 e. The smallest absolute Gasteiger partial charge is 0.265 e. The first-order valence-corrected chi connectivity index (χ1v) is 4.27. The van der Waals surface area contributed by atoms with E-state index in [1.165, 1.54) is 13.2 Å². The normalized spacial score (nSPS) is 9.31. The second-order valence-corrected chi connectivity index (χ2v) is 2.92. The van der Waals surface area contributed by atoms with Crippen LogP contribution in [-0.2, 0) is 4.79 Å². The summed E-state index contributed by atoms with van der Waals surface area (Å²) in [6, 6.07) is 0. The van der Waals surface area contributed by atoms with Crippen molar-refractivity contribution in [1.82, 2.24) is 20.2 Å². The Labute approximate surface area is 78.5 Å². The van der Waals surface area contributed by atoms with Crippen molar-refractivity contribution in [1.29, 1.82) is 0 Å². The van der Waals surface area contributed by atoms with Gasteiger partial charge in [0, 0.05) is 7.05 Å². The number of nitrogens with zero attached hydrogens (tertiary/aromatic N) is 2. The van der Waals surface area contributed by atoms with Gasteiger partial charge in [0.15, 0.2) is 0 Å². The summed E-state index contributed by atoms with van der Waals surface area (Å²) in [5.74, 6) is -0.579. The van der Waals surface area contributed by atoms with Gasteiger partial charge in [-0.1, -0.05) is 4.49 Å². The van der Waals surface area contributed by atoms with Crippen LogP contribution in [0.4, 0.5) is 0 Å². The third kappa shape index (κ3) is 2.79. The maximum atomic E-state index is 11.2. The molecule has 13 heavy (non-hydrogen) atoms. The molecular weight excluding hydrogens is 192 g/mol. The number of carbonyl (C=O) groups excluding carboxylic acids is 2. The van der Waals surface area contributed by atoms with E-state index in [1.54, 1.807) is 0 Å². The van der Waals surface area contributed by atoms with Crippen LogP contribution in [0.1, 0.15) is 9.67 Å². The van der Waals surface area contributed by atoms with Crippen LogP contribution in [0.2, 0.25) is 0 Å². The van der Waals surface area contributed by atoms with Gasteiger partial charge in [-0.2, -0.15) is 0 Å². The second kappa shape index (κ2) is 4.51. The molecule has 0 unspecified atom stereocenters. The van der Waals surface area contributed by atoms with Gasteiger partial charge in [0.05, 0.1) is 12.7 Å². The summed E-state index contributed by atoms with van der Waals surface area (Å²) in [6.07, 6.45) is 1.35. The number of hydrogen-bond donors (Lipinski definition) is 2. The van der Waals surface area contributed by atoms with Gasteiger partial charge in [-0.05, 0) is 11.5 Å². The second-order valence-electron chi connectivity index (χ2n) is 2.14. The topological polar surface area (TPSA) is 84.0 Å². The van der Waals surface area contributed by atoms with E-state index in [1.807, 2.05) is 0 Å². The fraction of sp³-hybridized carbons (Fsp3) is 0.333. The Hall–Kier alpha value is -1.50. The first-order valence-electron chi connectivity index (χ1n) is 3.50. The largest absolute Gasteiger partial charge is 0.358 e. The number of aromatic nitrogens is 2. The van der Waals surface area contributed by atoms with Crippen molar-refractivity contribution in [3.05, 3.63) is 11.1 Å². The number of rotatable bonds is 3. The summed E-state index contributed by atoms with van der Waals surface area (Å²) >= 11 is 0.985. The molecule has 0 fully saturated rings. The van der Waals surface area contributed by atoms with Crippen molar-refractivity contribution in [2.75, 3.05) is 13.6 Å². The molecule has 0 aromatic carbocycles. The van der Waals surface area contributed by atoms with Gasteiger partial charge >= 0.3 is 0 Å². The van der Waals surface area contributed by atoms with Crippen LogP contribution in [0.25, 0.3) is 0 Å². The van der Waals surface area contributed by atoms with E-state index < -0.39 is 0 Å². The summed E-state index contributed by atoms with van der Waals surface area (Å²) in [4.78, 5) is 22.3. The molecule has 0 atom stereocenters. The van der Waals surface area contributed by atoms with Crippen molar-refractivity contribution in [2.24, 2.45) is 0 Å². The SMILES string of the molecule is CNC(=O)CNC(=O)c1cnns1. The van der Waals surface area contributed by atoms with E-state index in [0.29, 0.717) is 4.88 Å². The van der Waals surface area contributed by atoms with Crippen LogP contribution in [-0.4, -0.2) is 35.0 Å². The Morgan fingerprint density at radius 2 is 2.38 bits per heavy atom. The fourth-order valence-corrected chi connectivity index (χ4v) is 1.03. The number of carbonyl (C=O) groups is 2. The van der Waals surface area contributed by atoms with E-state index in [-0.39, 0.29) is 18.4 Å². The lowest BCUT2D eigenvalue weighted by molar-refractivity contribution is -0.119. The predicted molar refractivity (Wildman–Crippen MR) is 46.3 cm³/mol. The Bertz CT molecular complexity index is 298. The summed E-state index contributed by atoms with van der Waals surface area (Å²) in [5, 5.41) is 8.30. The third-order valence-electron chi connectivity index (χ3n) is 1.27. The van der Waals surface area contributed by atoms with E-state index in [2.05, 4.69) is 20.2 Å². The molecule has 0 aliphatic heterocycles. The van der Waals surface area contributed by atoms with Gasteiger partial charge in [0.25, 0.3) is 5.91 Å². The zero-order valence-electron chi connectivity index (χ0n) is 6.90. The molecule has 1 aromatic rings. The number of amides is 2. The van der Waals surface area contributed by atoms with E-state index >= 15 is 0 Å². The van der Waals surface area contributed by atoms with Crippen molar-refractivity contribution in [3.63, 3.8) is 0 Å². The van der Waals surface area contributed by atoms with Crippen LogP contribution in [0.3, 0.4) is 0 Å². The van der Waals surface area contributed by atoms with Crippen LogP contribution in [0.15, 0.2) is 6.20 Å². The van der Waals surface area contributed by atoms with Crippen molar-refractivity contribution >= 4 is 23.3 Å². The quantitative estimate of drug-likeness (QED) is 0.656. The average molecular weight is 200 g/mol. The molecule has 0 saturated carbocycles. The lowest BCUT2D eigenvalue weighted by atomic mass is 10.5. The lowest BCUT2D eigenvalue weighted by Gasteiger charge is -2.00. The van der Waals surface area contributed by atoms with Crippen molar-refractivity contribution in [3.8, 4) is 0 Å². The number of nitrogens with one attached hydrogen (secondary N) is 2. The van der Waals surface area contributed by atoms with Gasteiger partial charge in [0.1, 0.15) is 4.88 Å². The molecule has 2 N–H and O–H groups in total. The minimum absolute atomic E-state index is 0.0345. The molecule has 0 aliphatic rings. The minimum atomic E-state index is -0.335. The van der Waals surface area contributed by atoms with Crippen LogP contribution in [0, 0.1) is 0 Å². The zero-order chi connectivity index (χ0) is 9.68. The Balaban J connectivity index is 2.39. The molecule has 0 saturated heterocycles. The van der Waals surface area contributed by atoms with Gasteiger partial charge < -0.3 is 10.6 Å². The van der Waals surface area contributed by atoms with Gasteiger partial charge in [-0.25, -0.2) is 0 Å². The van der Waals surface area contributed by atoms with Gasteiger partial charge in [-0.3, -0.25) is 9.59 Å². The zero-order valence-corrected chi connectivity index (χ0v) is 7.72. The Morgan fingerprint density at radius 1 is 1.62 bits per heavy atom. The van der Waals surface area contributed by atoms with E-state index in [4.69, 9.17) is 0 Å². The fourth-order valence-electron chi connectivity index (χ4n) is 0.603. The Morgan fingerprint density at radius 3 is 2.92 bits per heavy atom. The summed E-state index contributed by atoms with van der Waals surface area (Å²) < 4.78 is 3.52. The molecule has 0 spiro atoms. The third-order valence-corrected chi connectivity index (χ3v) is 1.94. The first-order chi connectivity index (χ1) is 6.24. The van der Waals surface area contributed by atoms with E-state index in [9.17, 15) is 9.59 Å². The number of hydrogen-bond acceptors (Lipinski definition) is 5. The minimum Gasteiger partial charge on any atom is -0.358 e. The highest BCUT2D eigenvalue weighted by molar-refractivity contribution is 7.07. The lowest BCUT2D eigenvalue weighted by Crippen LogP contribution is -2.34. The summed E-state index contributed by atoms with van der Waals surface area (Å²) in [7, 11) is 1.50. The molecule has 7 heteroatoms. The van der Waals surface area contributed by atoms with E-state index in [0.717, 1.165) is 11.5 Å². The van der Waals surface area contributed by atoms with Crippen LogP contribution < -0.4 is 10.6 Å². The molecule has 70 valence electrons. The monoisotopic (exact) mass is 200 g/mol. The Kier molecular flexibility index (Phi) is 3.32. The first kappa shape index (κ1) is 9.59. The van der Waals surface area contributed by atoms with Crippen molar-refractivity contribution < 1.29 is 9.59 Å². The van der Waals surface area contributed by atoms with Gasteiger partial charge in [-0.15, -0.1) is 5.10 Å². The highest BCUT2D eigenvalue weighted by atomic mass is 32.1. The maximum absolute atomic E-state index is 11.2. The molecule has 1 heterocycles. The molecule has 0 bridgehead atoms.